The first-order valence-corrected chi connectivity index (χ1v) is 5.29. The Morgan fingerprint density at radius 1 is 1.62 bits per heavy atom. The predicted octanol–water partition coefficient (Wildman–Crippen LogP) is 0.426. The van der Waals surface area contributed by atoms with E-state index in [1.807, 2.05) is 6.92 Å². The summed E-state index contributed by atoms with van der Waals surface area (Å²) >= 11 is 0. The maximum absolute atomic E-state index is 9.52. The van der Waals surface area contributed by atoms with Crippen molar-refractivity contribution >= 4 is 0 Å². The first kappa shape index (κ1) is 11.0. The molecule has 0 aromatic rings. The number of aliphatic hydroxyl groups is 1. The second-order valence-electron chi connectivity index (χ2n) is 4.20. The molecule has 0 saturated carbocycles. The van der Waals surface area contributed by atoms with Gasteiger partial charge in [-0.25, -0.2) is 0 Å². The summed E-state index contributed by atoms with van der Waals surface area (Å²) in [5.74, 6) is 0.638. The van der Waals surface area contributed by atoms with Crippen LogP contribution in [0, 0.1) is 5.92 Å². The van der Waals surface area contributed by atoms with Gasteiger partial charge in [0.25, 0.3) is 0 Å². The summed E-state index contributed by atoms with van der Waals surface area (Å²) < 4.78 is 0. The number of β-amino-alcohol motifs (C(OH)–C–C–N with tert-alkyl or cyclic N) is 1. The lowest BCUT2D eigenvalue weighted by Gasteiger charge is -2.23. The molecule has 3 heteroatoms. The summed E-state index contributed by atoms with van der Waals surface area (Å²) in [6, 6.07) is 0.592. The third-order valence-corrected chi connectivity index (χ3v) is 3.04. The average Bonchev–Trinajstić information content (AvgIpc) is 2.47. The molecule has 0 aromatic carbocycles. The highest BCUT2D eigenvalue weighted by Crippen LogP contribution is 2.22. The molecule has 78 valence electrons. The number of hydrogen-bond acceptors (Lipinski definition) is 3. The van der Waals surface area contributed by atoms with Gasteiger partial charge >= 0.3 is 0 Å². The number of rotatable bonds is 4. The van der Waals surface area contributed by atoms with Gasteiger partial charge in [0.15, 0.2) is 0 Å². The zero-order chi connectivity index (χ0) is 9.84. The fourth-order valence-electron chi connectivity index (χ4n) is 2.04. The van der Waals surface area contributed by atoms with E-state index in [1.54, 1.807) is 0 Å². The monoisotopic (exact) mass is 186 g/mol. The largest absolute Gasteiger partial charge is 0.392 e. The number of aliphatic hydroxyl groups excluding tert-OH is 1. The molecule has 1 rings (SSSR count). The Hall–Kier alpha value is -0.120. The molecule has 0 bridgehead atoms. The summed E-state index contributed by atoms with van der Waals surface area (Å²) in [5.41, 5.74) is 5.63. The van der Waals surface area contributed by atoms with Crippen molar-refractivity contribution in [2.75, 3.05) is 19.6 Å². The minimum Gasteiger partial charge on any atom is -0.392 e. The molecular weight excluding hydrogens is 164 g/mol. The number of likely N-dealkylation sites (tertiary alicyclic amines) is 1. The molecule has 0 spiro atoms. The fourth-order valence-corrected chi connectivity index (χ4v) is 2.04. The molecule has 0 aromatic heterocycles. The Bertz CT molecular complexity index is 152. The van der Waals surface area contributed by atoms with E-state index in [9.17, 15) is 5.11 Å². The Balaban J connectivity index is 2.34. The molecule has 3 unspecified atom stereocenters. The molecule has 3 N–H and O–H groups in total. The van der Waals surface area contributed by atoms with Crippen LogP contribution in [0.15, 0.2) is 0 Å². The molecule has 1 fully saturated rings. The van der Waals surface area contributed by atoms with E-state index in [1.165, 1.54) is 6.42 Å². The first-order valence-electron chi connectivity index (χ1n) is 5.29. The minimum absolute atomic E-state index is 0.168. The normalized spacial score (nSPS) is 32.3. The molecule has 1 aliphatic heterocycles. The summed E-state index contributed by atoms with van der Waals surface area (Å²) in [6.45, 7) is 6.90. The van der Waals surface area contributed by atoms with Crippen molar-refractivity contribution in [1.29, 1.82) is 0 Å². The van der Waals surface area contributed by atoms with E-state index in [0.717, 1.165) is 26.1 Å². The van der Waals surface area contributed by atoms with Crippen LogP contribution in [-0.4, -0.2) is 41.8 Å². The Morgan fingerprint density at radius 3 is 2.77 bits per heavy atom. The molecule has 0 radical (unpaired) electrons. The van der Waals surface area contributed by atoms with Gasteiger partial charge in [0.05, 0.1) is 6.10 Å². The van der Waals surface area contributed by atoms with E-state index in [-0.39, 0.29) is 6.10 Å². The smallest absolute Gasteiger partial charge is 0.0664 e. The van der Waals surface area contributed by atoms with Gasteiger partial charge in [-0.1, -0.05) is 6.92 Å². The summed E-state index contributed by atoms with van der Waals surface area (Å²) in [5, 5.41) is 9.52. The highest BCUT2D eigenvalue weighted by atomic mass is 16.3. The maximum Gasteiger partial charge on any atom is 0.0664 e. The highest BCUT2D eigenvalue weighted by molar-refractivity contribution is 4.83. The van der Waals surface area contributed by atoms with Crippen LogP contribution in [0.4, 0.5) is 0 Å². The van der Waals surface area contributed by atoms with Crippen LogP contribution >= 0.6 is 0 Å². The van der Waals surface area contributed by atoms with Crippen molar-refractivity contribution in [1.82, 2.24) is 4.90 Å². The molecule has 13 heavy (non-hydrogen) atoms. The lowest BCUT2D eigenvalue weighted by Crippen LogP contribution is -2.35. The van der Waals surface area contributed by atoms with E-state index in [4.69, 9.17) is 5.73 Å². The lowest BCUT2D eigenvalue weighted by atomic mass is 10.1. The van der Waals surface area contributed by atoms with Gasteiger partial charge in [-0.05, 0) is 32.2 Å². The van der Waals surface area contributed by atoms with Crippen LogP contribution in [-0.2, 0) is 0 Å². The van der Waals surface area contributed by atoms with Gasteiger partial charge in [0.2, 0.25) is 0 Å². The van der Waals surface area contributed by atoms with Crippen molar-refractivity contribution in [2.24, 2.45) is 11.7 Å². The zero-order valence-electron chi connectivity index (χ0n) is 8.74. The Morgan fingerprint density at radius 2 is 2.31 bits per heavy atom. The van der Waals surface area contributed by atoms with Crippen molar-refractivity contribution < 1.29 is 5.11 Å². The van der Waals surface area contributed by atoms with Crippen molar-refractivity contribution in [3.05, 3.63) is 0 Å². The lowest BCUT2D eigenvalue weighted by molar-refractivity contribution is 0.105. The Labute approximate surface area is 80.9 Å². The maximum atomic E-state index is 9.52. The average molecular weight is 186 g/mol. The van der Waals surface area contributed by atoms with Crippen molar-refractivity contribution in [2.45, 2.75) is 38.8 Å². The quantitative estimate of drug-likeness (QED) is 0.669. The van der Waals surface area contributed by atoms with Crippen LogP contribution < -0.4 is 5.73 Å². The van der Waals surface area contributed by atoms with Crippen LogP contribution in [0.5, 0.6) is 0 Å². The molecule has 1 aliphatic rings. The van der Waals surface area contributed by atoms with E-state index in [2.05, 4.69) is 11.8 Å². The van der Waals surface area contributed by atoms with Crippen LogP contribution in [0.1, 0.15) is 26.7 Å². The standard InChI is InChI=1S/C10H22N2O/c1-3-10(13)7-12-6-9(5-11)4-8(12)2/h8-10,13H,3-7,11H2,1-2H3. The van der Waals surface area contributed by atoms with Gasteiger partial charge in [0, 0.05) is 19.1 Å². The number of nitrogens with zero attached hydrogens (tertiary/aromatic N) is 1. The third-order valence-electron chi connectivity index (χ3n) is 3.04. The third kappa shape index (κ3) is 2.93. The van der Waals surface area contributed by atoms with Crippen molar-refractivity contribution in [3.63, 3.8) is 0 Å². The van der Waals surface area contributed by atoms with Gasteiger partial charge in [-0.3, -0.25) is 4.90 Å². The molecule has 3 nitrogen and oxygen atoms in total. The van der Waals surface area contributed by atoms with Crippen LogP contribution in [0.2, 0.25) is 0 Å². The fraction of sp³-hybridized carbons (Fsp3) is 1.00. The van der Waals surface area contributed by atoms with E-state index < -0.39 is 0 Å². The minimum atomic E-state index is -0.168. The van der Waals surface area contributed by atoms with Crippen LogP contribution in [0.3, 0.4) is 0 Å². The SMILES string of the molecule is CCC(O)CN1CC(CN)CC1C. The second kappa shape index (κ2) is 4.94. The topological polar surface area (TPSA) is 49.5 Å². The number of nitrogens with two attached hydrogens (primary N) is 1. The molecule has 3 atom stereocenters. The summed E-state index contributed by atoms with van der Waals surface area (Å²) in [7, 11) is 0. The molecule has 0 aliphatic carbocycles. The van der Waals surface area contributed by atoms with E-state index >= 15 is 0 Å². The molecular formula is C10H22N2O. The second-order valence-corrected chi connectivity index (χ2v) is 4.20. The molecule has 1 saturated heterocycles. The van der Waals surface area contributed by atoms with Crippen LogP contribution in [0.25, 0.3) is 0 Å². The molecule has 1 heterocycles. The zero-order valence-corrected chi connectivity index (χ0v) is 8.74. The number of hydrogen-bond donors (Lipinski definition) is 2. The summed E-state index contributed by atoms with van der Waals surface area (Å²) in [4.78, 5) is 2.35. The van der Waals surface area contributed by atoms with E-state index in [0.29, 0.717) is 12.0 Å². The predicted molar refractivity (Wildman–Crippen MR) is 54.5 cm³/mol. The summed E-state index contributed by atoms with van der Waals surface area (Å²) in [6.07, 6.45) is 1.86. The first-order chi connectivity index (χ1) is 6.17. The molecule has 0 amide bonds. The van der Waals surface area contributed by atoms with Crippen molar-refractivity contribution in [3.8, 4) is 0 Å². The Kier molecular flexibility index (Phi) is 4.16. The van der Waals surface area contributed by atoms with Gasteiger partial charge in [-0.2, -0.15) is 0 Å². The van der Waals surface area contributed by atoms with Gasteiger partial charge in [-0.15, -0.1) is 0 Å². The van der Waals surface area contributed by atoms with Gasteiger partial charge in [0.1, 0.15) is 0 Å². The van der Waals surface area contributed by atoms with Gasteiger partial charge < -0.3 is 10.8 Å². The highest BCUT2D eigenvalue weighted by Gasteiger charge is 2.28.